The van der Waals surface area contributed by atoms with Crippen LogP contribution in [0.1, 0.15) is 36.6 Å². The number of carbonyl (C=O) groups excluding carboxylic acids is 1. The van der Waals surface area contributed by atoms with Gasteiger partial charge in [-0.3, -0.25) is 14.2 Å². The van der Waals surface area contributed by atoms with Crippen molar-refractivity contribution in [1.82, 2.24) is 9.55 Å². The van der Waals surface area contributed by atoms with E-state index in [1.54, 1.807) is 15.9 Å². The van der Waals surface area contributed by atoms with Crippen molar-refractivity contribution in [3.8, 4) is 0 Å². The lowest BCUT2D eigenvalue weighted by Crippen LogP contribution is -2.29. The van der Waals surface area contributed by atoms with E-state index in [-0.39, 0.29) is 24.0 Å². The highest BCUT2D eigenvalue weighted by atomic mass is 32.2. The molecule has 1 atom stereocenters. The maximum absolute atomic E-state index is 13.2. The summed E-state index contributed by atoms with van der Waals surface area (Å²) in [6, 6.07) is 0. The first-order chi connectivity index (χ1) is 12.0. The third-order valence-corrected chi connectivity index (χ3v) is 6.44. The zero-order valence-electron chi connectivity index (χ0n) is 14.5. The third-order valence-electron chi connectivity index (χ3n) is 4.42. The Labute approximate surface area is 154 Å². The zero-order chi connectivity index (χ0) is 18.0. The Hall–Kier alpha value is -1.38. The van der Waals surface area contributed by atoms with E-state index >= 15 is 0 Å². The second kappa shape index (κ2) is 7.88. The van der Waals surface area contributed by atoms with Crippen LogP contribution in [0.15, 0.2) is 9.95 Å². The lowest BCUT2D eigenvalue weighted by molar-refractivity contribution is -0.117. The number of carbonyl (C=O) groups is 1. The number of aromatic nitrogens is 2. The molecule has 136 valence electrons. The highest BCUT2D eigenvalue weighted by Crippen LogP contribution is 2.30. The van der Waals surface area contributed by atoms with Gasteiger partial charge in [-0.05, 0) is 31.7 Å². The fraction of sp³-hybridized carbons (Fsp3) is 0.588. The van der Waals surface area contributed by atoms with Gasteiger partial charge in [0.25, 0.3) is 5.56 Å². The van der Waals surface area contributed by atoms with Gasteiger partial charge in [-0.2, -0.15) is 0 Å². The molecule has 2 N–H and O–H groups in total. The van der Waals surface area contributed by atoms with Gasteiger partial charge in [0.15, 0.2) is 5.16 Å². The number of nitrogens with zero attached hydrogens (tertiary/aromatic N) is 2. The minimum atomic E-state index is -0.346. The van der Waals surface area contributed by atoms with Crippen molar-refractivity contribution in [3.05, 3.63) is 20.8 Å². The molecule has 1 fully saturated rings. The molecule has 0 saturated carbocycles. The number of primary amides is 1. The number of thioether (sulfide) groups is 1. The van der Waals surface area contributed by atoms with E-state index in [4.69, 9.17) is 15.5 Å². The molecule has 3 heterocycles. The SMILES string of the molecule is CCc1c(C)sc2nc(SCCC(N)=O)n(CC3CCCO3)c(=O)c12. The Morgan fingerprint density at radius 3 is 2.96 bits per heavy atom. The Morgan fingerprint density at radius 1 is 1.52 bits per heavy atom. The van der Waals surface area contributed by atoms with Crippen LogP contribution in [0.4, 0.5) is 0 Å². The number of ether oxygens (including phenoxy) is 1. The van der Waals surface area contributed by atoms with Gasteiger partial charge >= 0.3 is 0 Å². The van der Waals surface area contributed by atoms with Crippen LogP contribution < -0.4 is 11.3 Å². The fourth-order valence-electron chi connectivity index (χ4n) is 3.16. The van der Waals surface area contributed by atoms with E-state index in [0.717, 1.165) is 46.5 Å². The van der Waals surface area contributed by atoms with E-state index in [2.05, 4.69) is 6.92 Å². The topological polar surface area (TPSA) is 87.2 Å². The van der Waals surface area contributed by atoms with Gasteiger partial charge in [-0.25, -0.2) is 4.98 Å². The average molecular weight is 382 g/mol. The van der Waals surface area contributed by atoms with Crippen LogP contribution in [0.3, 0.4) is 0 Å². The Kier molecular flexibility index (Phi) is 5.81. The lowest BCUT2D eigenvalue weighted by atomic mass is 10.1. The number of hydrogen-bond donors (Lipinski definition) is 1. The van der Waals surface area contributed by atoms with Gasteiger partial charge < -0.3 is 10.5 Å². The minimum Gasteiger partial charge on any atom is -0.376 e. The summed E-state index contributed by atoms with van der Waals surface area (Å²) in [5.41, 5.74) is 6.32. The molecular formula is C17H23N3O3S2. The fourth-order valence-corrected chi connectivity index (χ4v) is 5.28. The second-order valence-corrected chi connectivity index (χ2v) is 8.45. The van der Waals surface area contributed by atoms with Gasteiger partial charge in [0.2, 0.25) is 5.91 Å². The molecule has 1 saturated heterocycles. The summed E-state index contributed by atoms with van der Waals surface area (Å²) in [6.45, 7) is 5.36. The van der Waals surface area contributed by atoms with Crippen LogP contribution in [-0.2, 0) is 22.5 Å². The molecule has 0 radical (unpaired) electrons. The van der Waals surface area contributed by atoms with E-state index in [0.29, 0.717) is 17.5 Å². The predicted molar refractivity (Wildman–Crippen MR) is 102 cm³/mol. The molecule has 6 nitrogen and oxygen atoms in total. The first-order valence-corrected chi connectivity index (χ1v) is 10.4. The number of rotatable bonds is 7. The van der Waals surface area contributed by atoms with Crippen molar-refractivity contribution >= 4 is 39.2 Å². The summed E-state index contributed by atoms with van der Waals surface area (Å²) in [4.78, 5) is 30.9. The molecule has 0 aliphatic carbocycles. The maximum atomic E-state index is 13.2. The Balaban J connectivity index is 2.04. The minimum absolute atomic E-state index is 0.00303. The summed E-state index contributed by atoms with van der Waals surface area (Å²) in [5.74, 6) is 0.172. The van der Waals surface area contributed by atoms with E-state index in [9.17, 15) is 9.59 Å². The van der Waals surface area contributed by atoms with Gasteiger partial charge in [0.1, 0.15) is 4.83 Å². The smallest absolute Gasteiger partial charge is 0.263 e. The van der Waals surface area contributed by atoms with E-state index < -0.39 is 0 Å². The predicted octanol–water partition coefficient (Wildman–Crippen LogP) is 2.48. The quantitative estimate of drug-likeness (QED) is 0.588. The van der Waals surface area contributed by atoms with Gasteiger partial charge in [0.05, 0.1) is 18.0 Å². The van der Waals surface area contributed by atoms with E-state index in [1.165, 1.54) is 11.8 Å². The first kappa shape index (κ1) is 18.4. The summed E-state index contributed by atoms with van der Waals surface area (Å²) >= 11 is 2.97. The molecule has 2 aromatic heterocycles. The van der Waals surface area contributed by atoms with Crippen molar-refractivity contribution in [2.24, 2.45) is 5.73 Å². The molecule has 8 heteroatoms. The van der Waals surface area contributed by atoms with Gasteiger partial charge in [-0.1, -0.05) is 18.7 Å². The molecule has 2 aromatic rings. The third kappa shape index (κ3) is 3.91. The molecule has 3 rings (SSSR count). The highest BCUT2D eigenvalue weighted by molar-refractivity contribution is 7.99. The van der Waals surface area contributed by atoms with Gasteiger partial charge in [0, 0.05) is 23.7 Å². The summed E-state index contributed by atoms with van der Waals surface area (Å²) in [5, 5.41) is 1.39. The molecule has 0 spiro atoms. The summed E-state index contributed by atoms with van der Waals surface area (Å²) < 4.78 is 7.45. The summed E-state index contributed by atoms with van der Waals surface area (Å²) in [7, 11) is 0. The largest absolute Gasteiger partial charge is 0.376 e. The van der Waals surface area contributed by atoms with Gasteiger partial charge in [-0.15, -0.1) is 11.3 Å². The highest BCUT2D eigenvalue weighted by Gasteiger charge is 2.22. The lowest BCUT2D eigenvalue weighted by Gasteiger charge is -2.15. The van der Waals surface area contributed by atoms with Crippen molar-refractivity contribution in [2.75, 3.05) is 12.4 Å². The van der Waals surface area contributed by atoms with Crippen LogP contribution >= 0.6 is 23.1 Å². The number of nitrogens with two attached hydrogens (primary N) is 1. The molecule has 0 bridgehead atoms. The van der Waals surface area contributed by atoms with Crippen LogP contribution in [0.5, 0.6) is 0 Å². The van der Waals surface area contributed by atoms with Crippen LogP contribution in [0, 0.1) is 6.92 Å². The molecule has 1 aliphatic heterocycles. The van der Waals surface area contributed by atoms with Crippen molar-refractivity contribution < 1.29 is 9.53 Å². The Bertz CT molecular complexity index is 838. The number of fused-ring (bicyclic) bond motifs is 1. The summed E-state index contributed by atoms with van der Waals surface area (Å²) in [6.07, 6.45) is 3.12. The number of amides is 1. The van der Waals surface area contributed by atoms with Crippen LogP contribution in [0.25, 0.3) is 10.2 Å². The Morgan fingerprint density at radius 2 is 2.32 bits per heavy atom. The van der Waals surface area contributed by atoms with Crippen molar-refractivity contribution in [2.45, 2.75) is 57.3 Å². The van der Waals surface area contributed by atoms with Crippen LogP contribution in [0.2, 0.25) is 0 Å². The zero-order valence-corrected chi connectivity index (χ0v) is 16.2. The number of aryl methyl sites for hydroxylation is 2. The molecule has 1 aliphatic rings. The van der Waals surface area contributed by atoms with Crippen molar-refractivity contribution in [1.29, 1.82) is 0 Å². The molecular weight excluding hydrogens is 358 g/mol. The monoisotopic (exact) mass is 381 g/mol. The first-order valence-electron chi connectivity index (χ1n) is 8.56. The standard InChI is InChI=1S/C17H23N3O3S2/c1-3-12-10(2)25-15-14(12)16(22)20(9-11-5-4-7-23-11)17(19-15)24-8-6-13(18)21/h11H,3-9H2,1-2H3,(H2,18,21). The number of thiophene rings is 1. The molecule has 1 unspecified atom stereocenters. The van der Waals surface area contributed by atoms with Crippen molar-refractivity contribution in [3.63, 3.8) is 0 Å². The average Bonchev–Trinajstić information content (AvgIpc) is 3.17. The second-order valence-electron chi connectivity index (χ2n) is 6.18. The molecule has 1 amide bonds. The van der Waals surface area contributed by atoms with E-state index in [1.807, 2.05) is 6.92 Å². The maximum Gasteiger partial charge on any atom is 0.263 e. The normalized spacial score (nSPS) is 17.4. The molecule has 0 aromatic carbocycles. The molecule has 25 heavy (non-hydrogen) atoms. The number of hydrogen-bond acceptors (Lipinski definition) is 6. The van der Waals surface area contributed by atoms with Crippen LogP contribution in [-0.4, -0.2) is 33.9 Å².